The van der Waals surface area contributed by atoms with Gasteiger partial charge in [-0.2, -0.15) is 0 Å². The molecule has 2 N–H and O–H groups in total. The van der Waals surface area contributed by atoms with E-state index in [0.29, 0.717) is 9.87 Å². The van der Waals surface area contributed by atoms with E-state index in [1.165, 1.54) is 12.1 Å². The predicted octanol–water partition coefficient (Wildman–Crippen LogP) is 0.616. The number of aryl methyl sites for hydroxylation is 1. The van der Waals surface area contributed by atoms with Crippen molar-refractivity contribution in [1.82, 2.24) is 4.31 Å². The first-order valence-corrected chi connectivity index (χ1v) is 6.42. The zero-order valence-electron chi connectivity index (χ0n) is 9.37. The van der Waals surface area contributed by atoms with E-state index >= 15 is 0 Å². The molecule has 0 saturated carbocycles. The van der Waals surface area contributed by atoms with Crippen LogP contribution in [-0.4, -0.2) is 36.4 Å². The summed E-state index contributed by atoms with van der Waals surface area (Å²) in [6, 6.07) is 3.55. The minimum Gasteiger partial charge on any atom is -0.480 e. The molecule has 0 aromatic heterocycles. The Morgan fingerprint density at radius 3 is 2.72 bits per heavy atom. The van der Waals surface area contributed by atoms with Crippen molar-refractivity contribution in [2.75, 3.05) is 11.9 Å². The van der Waals surface area contributed by atoms with Gasteiger partial charge in [0.1, 0.15) is 11.4 Å². The standard InChI is InChI=1S/C10H10N2O5S/c1-6-2-3-7-8(4-6)18(16,17)12(5-9(13)14)10(15)11-7/h2-4H,5H2,1H3,(H,11,15)(H,13,14). The molecule has 2 amide bonds. The third-order valence-electron chi connectivity index (χ3n) is 2.45. The molecule has 0 atom stereocenters. The Hall–Kier alpha value is -2.09. The maximum atomic E-state index is 12.1. The first-order valence-electron chi connectivity index (χ1n) is 4.98. The fourth-order valence-corrected chi connectivity index (χ4v) is 3.14. The Labute approximate surface area is 103 Å². The molecule has 0 spiro atoms. The highest BCUT2D eigenvalue weighted by atomic mass is 32.2. The van der Waals surface area contributed by atoms with E-state index in [1.807, 2.05) is 0 Å². The Balaban J connectivity index is 2.58. The van der Waals surface area contributed by atoms with Crippen molar-refractivity contribution in [2.24, 2.45) is 0 Å². The van der Waals surface area contributed by atoms with Crippen molar-refractivity contribution >= 4 is 27.7 Å². The third-order valence-corrected chi connectivity index (χ3v) is 4.22. The fraction of sp³-hybridized carbons (Fsp3) is 0.200. The summed E-state index contributed by atoms with van der Waals surface area (Å²) in [4.78, 5) is 22.1. The number of carbonyl (C=O) groups excluding carboxylic acids is 1. The lowest BCUT2D eigenvalue weighted by Gasteiger charge is -2.27. The van der Waals surface area contributed by atoms with Gasteiger partial charge in [-0.05, 0) is 24.6 Å². The van der Waals surface area contributed by atoms with Crippen LogP contribution in [0.25, 0.3) is 0 Å². The van der Waals surface area contributed by atoms with Crippen LogP contribution in [0.3, 0.4) is 0 Å². The molecule has 18 heavy (non-hydrogen) atoms. The first-order chi connectivity index (χ1) is 8.32. The summed E-state index contributed by atoms with van der Waals surface area (Å²) in [6.07, 6.45) is 0. The summed E-state index contributed by atoms with van der Waals surface area (Å²) in [5.41, 5.74) is 0.857. The number of rotatable bonds is 2. The van der Waals surface area contributed by atoms with Crippen molar-refractivity contribution < 1.29 is 23.1 Å². The molecule has 0 bridgehead atoms. The smallest absolute Gasteiger partial charge is 0.336 e. The van der Waals surface area contributed by atoms with Crippen molar-refractivity contribution in [1.29, 1.82) is 0 Å². The molecule has 1 aliphatic heterocycles. The summed E-state index contributed by atoms with van der Waals surface area (Å²) in [5, 5.41) is 11.0. The minimum absolute atomic E-state index is 0.0941. The number of benzene rings is 1. The lowest BCUT2D eigenvalue weighted by atomic mass is 10.2. The lowest BCUT2D eigenvalue weighted by Crippen LogP contribution is -2.46. The number of carbonyl (C=O) groups is 2. The van der Waals surface area contributed by atoms with E-state index < -0.39 is 28.6 Å². The predicted molar refractivity (Wildman–Crippen MR) is 61.7 cm³/mol. The van der Waals surface area contributed by atoms with Gasteiger partial charge in [-0.15, -0.1) is 0 Å². The number of hydrogen-bond donors (Lipinski definition) is 2. The molecule has 2 rings (SSSR count). The SMILES string of the molecule is Cc1ccc2c(c1)S(=O)(=O)N(CC(=O)O)C(=O)N2. The monoisotopic (exact) mass is 270 g/mol. The number of carboxylic acid groups (broad SMARTS) is 1. The lowest BCUT2D eigenvalue weighted by molar-refractivity contribution is -0.136. The van der Waals surface area contributed by atoms with Crippen LogP contribution >= 0.6 is 0 Å². The average Bonchev–Trinajstić information content (AvgIpc) is 2.26. The number of amides is 2. The van der Waals surface area contributed by atoms with Crippen LogP contribution in [0, 0.1) is 6.92 Å². The molecule has 1 aliphatic rings. The number of urea groups is 1. The minimum atomic E-state index is -4.11. The van der Waals surface area contributed by atoms with Crippen molar-refractivity contribution in [3.05, 3.63) is 23.8 Å². The average molecular weight is 270 g/mol. The van der Waals surface area contributed by atoms with E-state index in [-0.39, 0.29) is 10.6 Å². The van der Waals surface area contributed by atoms with Gasteiger partial charge in [-0.25, -0.2) is 17.5 Å². The van der Waals surface area contributed by atoms with Crippen molar-refractivity contribution in [3.8, 4) is 0 Å². The molecule has 1 aromatic carbocycles. The molecule has 96 valence electrons. The molecular weight excluding hydrogens is 260 g/mol. The maximum absolute atomic E-state index is 12.1. The molecule has 7 nitrogen and oxygen atoms in total. The van der Waals surface area contributed by atoms with Gasteiger partial charge >= 0.3 is 12.0 Å². The molecule has 0 aliphatic carbocycles. The van der Waals surface area contributed by atoms with Gasteiger partial charge in [-0.1, -0.05) is 6.07 Å². The van der Waals surface area contributed by atoms with Gasteiger partial charge in [0, 0.05) is 0 Å². The third kappa shape index (κ3) is 1.90. The number of aliphatic carboxylic acids is 1. The van der Waals surface area contributed by atoms with Crippen molar-refractivity contribution in [2.45, 2.75) is 11.8 Å². The molecule has 1 heterocycles. The second-order valence-electron chi connectivity index (χ2n) is 3.84. The van der Waals surface area contributed by atoms with E-state index in [4.69, 9.17) is 5.11 Å². The highest BCUT2D eigenvalue weighted by Crippen LogP contribution is 2.30. The van der Waals surface area contributed by atoms with E-state index in [2.05, 4.69) is 5.32 Å². The normalized spacial score (nSPS) is 16.9. The van der Waals surface area contributed by atoms with Gasteiger partial charge < -0.3 is 10.4 Å². The van der Waals surface area contributed by atoms with Gasteiger partial charge in [0.2, 0.25) is 0 Å². The first kappa shape index (κ1) is 12.4. The zero-order valence-corrected chi connectivity index (χ0v) is 10.2. The van der Waals surface area contributed by atoms with Crippen LogP contribution in [0.15, 0.2) is 23.1 Å². The fourth-order valence-electron chi connectivity index (χ4n) is 1.63. The molecule has 0 radical (unpaired) electrons. The molecule has 0 fully saturated rings. The number of carboxylic acids is 1. The number of hydrogen-bond acceptors (Lipinski definition) is 4. The number of sulfonamides is 1. The van der Waals surface area contributed by atoms with Gasteiger partial charge in [0.25, 0.3) is 10.0 Å². The number of nitrogens with zero attached hydrogens (tertiary/aromatic N) is 1. The summed E-state index contributed by atoms with van der Waals surface area (Å²) in [6.45, 7) is 0.801. The molecule has 1 aromatic rings. The molecule has 0 unspecified atom stereocenters. The molecular formula is C10H10N2O5S. The summed E-state index contributed by atoms with van der Waals surface area (Å²) in [5.74, 6) is -1.40. The van der Waals surface area contributed by atoms with Gasteiger partial charge in [0.15, 0.2) is 0 Å². The van der Waals surface area contributed by atoms with Crippen LogP contribution < -0.4 is 5.32 Å². The highest BCUT2D eigenvalue weighted by Gasteiger charge is 2.37. The largest absolute Gasteiger partial charge is 0.480 e. The van der Waals surface area contributed by atoms with Crippen LogP contribution in [0.5, 0.6) is 0 Å². The Morgan fingerprint density at radius 2 is 2.11 bits per heavy atom. The Kier molecular flexibility index (Phi) is 2.74. The maximum Gasteiger partial charge on any atom is 0.336 e. The van der Waals surface area contributed by atoms with E-state index in [1.54, 1.807) is 13.0 Å². The Bertz CT molecular complexity index is 638. The number of nitrogens with one attached hydrogen (secondary N) is 1. The van der Waals surface area contributed by atoms with Crippen LogP contribution in [-0.2, 0) is 14.8 Å². The second-order valence-corrected chi connectivity index (χ2v) is 5.67. The number of anilines is 1. The topological polar surface area (TPSA) is 104 Å². The molecule has 8 heteroatoms. The summed E-state index contributed by atoms with van der Waals surface area (Å²) >= 11 is 0. The van der Waals surface area contributed by atoms with Crippen molar-refractivity contribution in [3.63, 3.8) is 0 Å². The van der Waals surface area contributed by atoms with Crippen LogP contribution in [0.1, 0.15) is 5.56 Å². The quantitative estimate of drug-likeness (QED) is 0.819. The number of fused-ring (bicyclic) bond motifs is 1. The van der Waals surface area contributed by atoms with Crippen LogP contribution in [0.4, 0.5) is 10.5 Å². The Morgan fingerprint density at radius 1 is 1.44 bits per heavy atom. The van der Waals surface area contributed by atoms with E-state index in [9.17, 15) is 18.0 Å². The highest BCUT2D eigenvalue weighted by molar-refractivity contribution is 7.90. The zero-order chi connectivity index (χ0) is 13.5. The molecule has 0 saturated heterocycles. The van der Waals surface area contributed by atoms with Crippen LogP contribution in [0.2, 0.25) is 0 Å². The summed E-state index contributed by atoms with van der Waals surface area (Å²) < 4.78 is 24.5. The van der Waals surface area contributed by atoms with Gasteiger partial charge in [0.05, 0.1) is 5.69 Å². The summed E-state index contributed by atoms with van der Waals surface area (Å²) in [7, 11) is -4.11. The van der Waals surface area contributed by atoms with Gasteiger partial charge in [-0.3, -0.25) is 4.79 Å². The van der Waals surface area contributed by atoms with E-state index in [0.717, 1.165) is 0 Å². The second kappa shape index (κ2) is 3.98.